The summed E-state index contributed by atoms with van der Waals surface area (Å²) < 4.78 is 0. The molecule has 1 heterocycles. The van der Waals surface area contributed by atoms with Crippen molar-refractivity contribution in [2.45, 2.75) is 33.1 Å². The van der Waals surface area contributed by atoms with E-state index in [2.05, 4.69) is 30.9 Å². The molecule has 17 heavy (non-hydrogen) atoms. The Morgan fingerprint density at radius 2 is 2.06 bits per heavy atom. The molecule has 0 spiro atoms. The minimum absolute atomic E-state index is 0.460. The Labute approximate surface area is 104 Å². The molecule has 0 radical (unpaired) electrons. The van der Waals surface area contributed by atoms with Gasteiger partial charge in [0, 0.05) is 18.8 Å². The van der Waals surface area contributed by atoms with Crippen molar-refractivity contribution in [1.82, 2.24) is 0 Å². The molecular formula is C15H20N2. The molecule has 2 rings (SSSR count). The van der Waals surface area contributed by atoms with Gasteiger partial charge in [-0.15, -0.1) is 0 Å². The zero-order valence-electron chi connectivity index (χ0n) is 10.7. The number of hydrogen-bond acceptors (Lipinski definition) is 2. The molecule has 1 aliphatic rings. The molecule has 0 unspecified atom stereocenters. The van der Waals surface area contributed by atoms with Crippen molar-refractivity contribution in [3.63, 3.8) is 0 Å². The summed E-state index contributed by atoms with van der Waals surface area (Å²) in [6.07, 6.45) is 3.76. The summed E-state index contributed by atoms with van der Waals surface area (Å²) in [5.41, 5.74) is 2.41. The third kappa shape index (κ3) is 3.00. The lowest BCUT2D eigenvalue weighted by molar-refractivity contribution is 0.325. The van der Waals surface area contributed by atoms with E-state index in [-0.39, 0.29) is 0 Å². The topological polar surface area (TPSA) is 27.0 Å². The lowest BCUT2D eigenvalue weighted by Gasteiger charge is -2.25. The lowest BCUT2D eigenvalue weighted by Crippen LogP contribution is -2.24. The summed E-state index contributed by atoms with van der Waals surface area (Å²) in [5.74, 6) is 0. The van der Waals surface area contributed by atoms with E-state index in [4.69, 9.17) is 5.26 Å². The standard InChI is InChI=1S/C15H20N2/c1-15(2)7-4-9-17(10-8-15)14-6-3-5-13(11-14)12-16/h3,5-6,11H,4,7-10H2,1-2H3. The molecule has 0 atom stereocenters. The van der Waals surface area contributed by atoms with E-state index in [1.54, 1.807) is 0 Å². The SMILES string of the molecule is CC1(C)CCCN(c2cccc(C#N)c2)CC1. The molecule has 0 bridgehead atoms. The van der Waals surface area contributed by atoms with Crippen LogP contribution in [0.15, 0.2) is 24.3 Å². The summed E-state index contributed by atoms with van der Waals surface area (Å²) in [4.78, 5) is 2.41. The van der Waals surface area contributed by atoms with Crippen LogP contribution in [0, 0.1) is 16.7 Å². The first-order chi connectivity index (χ1) is 8.11. The number of anilines is 1. The predicted octanol–water partition coefficient (Wildman–Crippen LogP) is 3.57. The highest BCUT2D eigenvalue weighted by Crippen LogP contribution is 2.31. The molecule has 0 amide bonds. The van der Waals surface area contributed by atoms with E-state index in [1.807, 2.05) is 18.2 Å². The Balaban J connectivity index is 2.14. The Bertz CT molecular complexity index is 429. The Hall–Kier alpha value is -1.49. The van der Waals surface area contributed by atoms with Crippen LogP contribution in [0.3, 0.4) is 0 Å². The van der Waals surface area contributed by atoms with Gasteiger partial charge in [0.1, 0.15) is 0 Å². The van der Waals surface area contributed by atoms with Crippen LogP contribution in [0.5, 0.6) is 0 Å². The van der Waals surface area contributed by atoms with Crippen LogP contribution in [0.25, 0.3) is 0 Å². The minimum Gasteiger partial charge on any atom is -0.371 e. The molecule has 90 valence electrons. The van der Waals surface area contributed by atoms with E-state index in [0.29, 0.717) is 5.41 Å². The van der Waals surface area contributed by atoms with Gasteiger partial charge in [-0.25, -0.2) is 0 Å². The number of nitriles is 1. The van der Waals surface area contributed by atoms with Crippen LogP contribution in [0.1, 0.15) is 38.7 Å². The van der Waals surface area contributed by atoms with E-state index in [0.717, 1.165) is 18.7 Å². The quantitative estimate of drug-likeness (QED) is 0.734. The largest absolute Gasteiger partial charge is 0.371 e. The monoisotopic (exact) mass is 228 g/mol. The average molecular weight is 228 g/mol. The molecule has 1 aromatic rings. The Morgan fingerprint density at radius 1 is 1.24 bits per heavy atom. The second-order valence-electron chi connectivity index (χ2n) is 5.67. The van der Waals surface area contributed by atoms with E-state index < -0.39 is 0 Å². The molecule has 1 fully saturated rings. The molecule has 0 saturated carbocycles. The van der Waals surface area contributed by atoms with E-state index in [9.17, 15) is 0 Å². The van der Waals surface area contributed by atoms with Gasteiger partial charge in [-0.3, -0.25) is 0 Å². The van der Waals surface area contributed by atoms with Crippen LogP contribution >= 0.6 is 0 Å². The normalized spacial score (nSPS) is 19.5. The van der Waals surface area contributed by atoms with Gasteiger partial charge in [-0.2, -0.15) is 5.26 Å². The van der Waals surface area contributed by atoms with Gasteiger partial charge in [-0.1, -0.05) is 19.9 Å². The number of benzene rings is 1. The van der Waals surface area contributed by atoms with Crippen molar-refractivity contribution < 1.29 is 0 Å². The first-order valence-electron chi connectivity index (χ1n) is 6.36. The summed E-state index contributed by atoms with van der Waals surface area (Å²) >= 11 is 0. The lowest BCUT2D eigenvalue weighted by atomic mass is 9.85. The third-order valence-electron chi connectivity index (χ3n) is 3.68. The van der Waals surface area contributed by atoms with Crippen molar-refractivity contribution in [3.8, 4) is 6.07 Å². The molecule has 0 N–H and O–H groups in total. The van der Waals surface area contributed by atoms with Crippen molar-refractivity contribution in [3.05, 3.63) is 29.8 Å². The molecule has 2 nitrogen and oxygen atoms in total. The van der Waals surface area contributed by atoms with Crippen LogP contribution in [0.2, 0.25) is 0 Å². The zero-order chi connectivity index (χ0) is 12.3. The maximum absolute atomic E-state index is 8.93. The van der Waals surface area contributed by atoms with Gasteiger partial charge >= 0.3 is 0 Å². The van der Waals surface area contributed by atoms with Crippen molar-refractivity contribution in [1.29, 1.82) is 5.26 Å². The molecule has 0 aliphatic carbocycles. The average Bonchev–Trinajstić information content (AvgIpc) is 2.50. The smallest absolute Gasteiger partial charge is 0.0992 e. The van der Waals surface area contributed by atoms with Crippen molar-refractivity contribution in [2.75, 3.05) is 18.0 Å². The van der Waals surface area contributed by atoms with Gasteiger partial charge in [0.25, 0.3) is 0 Å². The Kier molecular flexibility index (Phi) is 3.38. The van der Waals surface area contributed by atoms with E-state index >= 15 is 0 Å². The van der Waals surface area contributed by atoms with E-state index in [1.165, 1.54) is 24.9 Å². The molecular weight excluding hydrogens is 208 g/mol. The Morgan fingerprint density at radius 3 is 2.82 bits per heavy atom. The van der Waals surface area contributed by atoms with Gasteiger partial charge < -0.3 is 4.90 Å². The molecule has 2 heteroatoms. The summed E-state index contributed by atoms with van der Waals surface area (Å²) in [6, 6.07) is 10.2. The highest BCUT2D eigenvalue weighted by Gasteiger charge is 2.23. The van der Waals surface area contributed by atoms with Gasteiger partial charge in [0.05, 0.1) is 11.6 Å². The van der Waals surface area contributed by atoms with Gasteiger partial charge in [0.2, 0.25) is 0 Å². The van der Waals surface area contributed by atoms with Crippen LogP contribution in [0.4, 0.5) is 5.69 Å². The summed E-state index contributed by atoms with van der Waals surface area (Å²) in [7, 11) is 0. The zero-order valence-corrected chi connectivity index (χ0v) is 10.7. The van der Waals surface area contributed by atoms with Gasteiger partial charge in [0.15, 0.2) is 0 Å². The fraction of sp³-hybridized carbons (Fsp3) is 0.533. The maximum Gasteiger partial charge on any atom is 0.0992 e. The number of nitrogens with zero attached hydrogens (tertiary/aromatic N) is 2. The second kappa shape index (κ2) is 4.79. The number of rotatable bonds is 1. The summed E-state index contributed by atoms with van der Waals surface area (Å²) in [5, 5.41) is 8.93. The minimum atomic E-state index is 0.460. The molecule has 1 aliphatic heterocycles. The number of hydrogen-bond donors (Lipinski definition) is 0. The highest BCUT2D eigenvalue weighted by molar-refractivity contribution is 5.51. The fourth-order valence-electron chi connectivity index (χ4n) is 2.45. The van der Waals surface area contributed by atoms with Gasteiger partial charge in [-0.05, 0) is 42.9 Å². The third-order valence-corrected chi connectivity index (χ3v) is 3.68. The highest BCUT2D eigenvalue weighted by atomic mass is 15.1. The molecule has 1 saturated heterocycles. The predicted molar refractivity (Wildman–Crippen MR) is 71.0 cm³/mol. The van der Waals surface area contributed by atoms with Crippen LogP contribution < -0.4 is 4.90 Å². The fourth-order valence-corrected chi connectivity index (χ4v) is 2.45. The van der Waals surface area contributed by atoms with Crippen molar-refractivity contribution in [2.24, 2.45) is 5.41 Å². The first-order valence-corrected chi connectivity index (χ1v) is 6.36. The molecule has 1 aromatic carbocycles. The van der Waals surface area contributed by atoms with Crippen molar-refractivity contribution >= 4 is 5.69 Å². The second-order valence-corrected chi connectivity index (χ2v) is 5.67. The maximum atomic E-state index is 8.93. The molecule has 0 aromatic heterocycles. The first kappa shape index (κ1) is 12.0. The summed E-state index contributed by atoms with van der Waals surface area (Å²) in [6.45, 7) is 6.91. The van der Waals surface area contributed by atoms with Crippen LogP contribution in [-0.4, -0.2) is 13.1 Å². The van der Waals surface area contributed by atoms with Crippen LogP contribution in [-0.2, 0) is 0 Å².